The van der Waals surface area contributed by atoms with E-state index in [2.05, 4.69) is 22.4 Å². The van der Waals surface area contributed by atoms with Gasteiger partial charge in [0.2, 0.25) is 0 Å². The van der Waals surface area contributed by atoms with Gasteiger partial charge in [-0.25, -0.2) is 4.79 Å². The number of aryl methyl sites for hydroxylation is 1. The predicted octanol–water partition coefficient (Wildman–Crippen LogP) is 3.67. The van der Waals surface area contributed by atoms with Gasteiger partial charge in [-0.15, -0.1) is 0 Å². The molecule has 0 aliphatic carbocycles. The molecular weight excluding hydrogens is 464 g/mol. The highest BCUT2D eigenvalue weighted by Crippen LogP contribution is 2.27. The van der Waals surface area contributed by atoms with Crippen molar-refractivity contribution in [3.63, 3.8) is 0 Å². The maximum atomic E-state index is 12.5. The number of hydrogen-bond acceptors (Lipinski definition) is 7. The summed E-state index contributed by atoms with van der Waals surface area (Å²) in [6.07, 6.45) is 0.510. The number of aromatic amines is 1. The summed E-state index contributed by atoms with van der Waals surface area (Å²) in [7, 11) is 0. The maximum absolute atomic E-state index is 12.5. The van der Waals surface area contributed by atoms with E-state index in [1.807, 2.05) is 26.8 Å². The number of aromatic hydroxyl groups is 1. The SMILES string of the molecule is C=C(C)C(=O)OCCOC(=O)CCc1ccc(O)c(Nn2[nH]c3ccc(C(=O)NC(C)(C)C)cc32)c1. The third-order valence-electron chi connectivity index (χ3n) is 5.06. The topological polar surface area (TPSA) is 135 Å². The summed E-state index contributed by atoms with van der Waals surface area (Å²) in [5.74, 6) is -1.11. The Hall–Kier alpha value is -4.21. The second kappa shape index (κ2) is 11.0. The molecule has 0 saturated heterocycles. The smallest absolute Gasteiger partial charge is 0.333 e. The molecule has 10 nitrogen and oxygen atoms in total. The van der Waals surface area contributed by atoms with Gasteiger partial charge in [0.1, 0.15) is 24.5 Å². The Morgan fingerprint density at radius 2 is 1.81 bits per heavy atom. The largest absolute Gasteiger partial charge is 0.506 e. The van der Waals surface area contributed by atoms with Gasteiger partial charge in [-0.2, -0.15) is 4.79 Å². The van der Waals surface area contributed by atoms with E-state index in [1.165, 1.54) is 13.0 Å². The molecule has 36 heavy (non-hydrogen) atoms. The molecule has 0 unspecified atom stereocenters. The summed E-state index contributed by atoms with van der Waals surface area (Å²) in [6.45, 7) is 10.7. The first kappa shape index (κ1) is 26.4. The summed E-state index contributed by atoms with van der Waals surface area (Å²) < 4.78 is 9.96. The number of carbonyl (C=O) groups is 3. The average Bonchev–Trinajstić information content (AvgIpc) is 2.79. The first-order valence-corrected chi connectivity index (χ1v) is 11.5. The van der Waals surface area contributed by atoms with E-state index >= 15 is 0 Å². The van der Waals surface area contributed by atoms with Gasteiger partial charge in [-0.3, -0.25) is 20.1 Å². The Bertz CT molecular complexity index is 1280. The molecule has 0 aliphatic heterocycles. The van der Waals surface area contributed by atoms with Crippen LogP contribution in [0.5, 0.6) is 5.75 Å². The standard InChI is InChI=1S/C26H32N4O6/c1-16(2)25(34)36-13-12-35-23(32)11-7-17-6-10-22(31)20(14-17)29-30-21-15-18(8-9-19(21)28-30)24(33)27-26(3,4)5/h6,8-10,14-15,28-29,31H,1,7,11-13H2,2-5H3,(H,27,33). The third-order valence-corrected chi connectivity index (χ3v) is 5.06. The Balaban J connectivity index is 1.58. The lowest BCUT2D eigenvalue weighted by atomic mass is 10.1. The number of nitrogens with zero attached hydrogens (tertiary/aromatic N) is 1. The Morgan fingerprint density at radius 3 is 2.50 bits per heavy atom. The van der Waals surface area contributed by atoms with E-state index in [9.17, 15) is 19.5 Å². The van der Waals surface area contributed by atoms with Crippen LogP contribution in [0.25, 0.3) is 11.0 Å². The lowest BCUT2D eigenvalue weighted by Gasteiger charge is -2.22. The number of phenolic OH excluding ortho intramolecular Hbond substituents is 1. The fourth-order valence-electron chi connectivity index (χ4n) is 3.26. The molecule has 1 aromatic heterocycles. The highest BCUT2D eigenvalue weighted by Gasteiger charge is 2.17. The molecule has 192 valence electrons. The highest BCUT2D eigenvalue weighted by atomic mass is 16.6. The number of amides is 1. The zero-order valence-electron chi connectivity index (χ0n) is 20.9. The monoisotopic (exact) mass is 496 g/mol. The van der Waals surface area contributed by atoms with Crippen molar-refractivity contribution >= 4 is 34.6 Å². The number of phenols is 1. The lowest BCUT2D eigenvalue weighted by Crippen LogP contribution is -2.40. The Labute approximate surface area is 209 Å². The van der Waals surface area contributed by atoms with Crippen molar-refractivity contribution in [2.75, 3.05) is 18.6 Å². The molecule has 3 rings (SSSR count). The van der Waals surface area contributed by atoms with Crippen LogP contribution in [0.3, 0.4) is 0 Å². The van der Waals surface area contributed by atoms with Crippen molar-refractivity contribution in [1.82, 2.24) is 15.2 Å². The van der Waals surface area contributed by atoms with Crippen LogP contribution in [0.1, 0.15) is 50.0 Å². The number of fused-ring (bicyclic) bond motifs is 1. The van der Waals surface area contributed by atoms with E-state index < -0.39 is 11.9 Å². The third kappa shape index (κ3) is 7.14. The van der Waals surface area contributed by atoms with Crippen molar-refractivity contribution < 1.29 is 29.0 Å². The van der Waals surface area contributed by atoms with Gasteiger partial charge in [0.05, 0.1) is 11.2 Å². The maximum Gasteiger partial charge on any atom is 0.333 e. The van der Waals surface area contributed by atoms with Crippen LogP contribution in [-0.2, 0) is 25.5 Å². The Kier molecular flexibility index (Phi) is 8.08. The minimum Gasteiger partial charge on any atom is -0.506 e. The number of nitrogens with one attached hydrogen (secondary N) is 3. The van der Waals surface area contributed by atoms with Gasteiger partial charge in [0.15, 0.2) is 0 Å². The van der Waals surface area contributed by atoms with Crippen LogP contribution >= 0.6 is 0 Å². The second-order valence-corrected chi connectivity index (χ2v) is 9.48. The zero-order chi connectivity index (χ0) is 26.5. The molecule has 0 aliphatic rings. The molecule has 0 radical (unpaired) electrons. The van der Waals surface area contributed by atoms with Gasteiger partial charge >= 0.3 is 11.9 Å². The molecule has 3 aromatic rings. The van der Waals surface area contributed by atoms with Gasteiger partial charge < -0.3 is 19.9 Å². The van der Waals surface area contributed by atoms with Crippen LogP contribution in [0.15, 0.2) is 48.6 Å². The first-order valence-electron chi connectivity index (χ1n) is 11.5. The number of ether oxygens (including phenoxy) is 2. The first-order chi connectivity index (χ1) is 16.9. The van der Waals surface area contributed by atoms with Crippen molar-refractivity contribution in [1.29, 1.82) is 0 Å². The van der Waals surface area contributed by atoms with Crippen molar-refractivity contribution in [2.24, 2.45) is 0 Å². The number of carbonyl (C=O) groups excluding carboxylic acids is 3. The summed E-state index contributed by atoms with van der Waals surface area (Å²) in [6, 6.07) is 10.3. The van der Waals surface area contributed by atoms with Crippen molar-refractivity contribution in [3.05, 3.63) is 59.7 Å². The van der Waals surface area contributed by atoms with Crippen LogP contribution in [0, 0.1) is 0 Å². The molecular formula is C26H32N4O6. The summed E-state index contributed by atoms with van der Waals surface area (Å²) in [4.78, 5) is 37.4. The number of aromatic nitrogens is 2. The molecule has 2 aromatic carbocycles. The minimum atomic E-state index is -0.529. The summed E-state index contributed by atoms with van der Waals surface area (Å²) in [5.41, 5.74) is 6.33. The fraction of sp³-hybridized carbons (Fsp3) is 0.346. The van der Waals surface area contributed by atoms with Crippen molar-refractivity contribution in [3.8, 4) is 5.75 Å². The molecule has 1 heterocycles. The van der Waals surface area contributed by atoms with Crippen LogP contribution in [0.4, 0.5) is 5.69 Å². The lowest BCUT2D eigenvalue weighted by molar-refractivity contribution is -0.150. The molecule has 4 N–H and O–H groups in total. The average molecular weight is 497 g/mol. The number of rotatable bonds is 10. The van der Waals surface area contributed by atoms with Crippen LogP contribution in [0.2, 0.25) is 0 Å². The molecule has 1 amide bonds. The van der Waals surface area contributed by atoms with Gasteiger partial charge in [-0.1, -0.05) is 12.6 Å². The van der Waals surface area contributed by atoms with Crippen LogP contribution < -0.4 is 10.7 Å². The van der Waals surface area contributed by atoms with E-state index in [0.29, 0.717) is 17.7 Å². The highest BCUT2D eigenvalue weighted by molar-refractivity contribution is 5.98. The number of benzene rings is 2. The number of hydrogen-bond donors (Lipinski definition) is 4. The van der Waals surface area contributed by atoms with Gasteiger partial charge in [0.25, 0.3) is 5.91 Å². The normalized spacial score (nSPS) is 11.2. The van der Waals surface area contributed by atoms with Gasteiger partial charge in [-0.05, 0) is 70.0 Å². The van der Waals surface area contributed by atoms with Gasteiger partial charge in [0, 0.05) is 23.1 Å². The molecule has 0 fully saturated rings. The van der Waals surface area contributed by atoms with Crippen LogP contribution in [-0.4, -0.2) is 51.6 Å². The quantitative estimate of drug-likeness (QED) is 0.146. The predicted molar refractivity (Wildman–Crippen MR) is 136 cm³/mol. The second-order valence-electron chi connectivity index (χ2n) is 9.48. The summed E-state index contributed by atoms with van der Waals surface area (Å²) in [5, 5.41) is 16.3. The number of esters is 2. The molecule has 0 atom stereocenters. The minimum absolute atomic E-state index is 0.0255. The molecule has 0 saturated carbocycles. The van der Waals surface area contributed by atoms with E-state index in [-0.39, 0.29) is 42.4 Å². The number of anilines is 1. The van der Waals surface area contributed by atoms with E-state index in [1.54, 1.807) is 29.1 Å². The summed E-state index contributed by atoms with van der Waals surface area (Å²) >= 11 is 0. The van der Waals surface area contributed by atoms with E-state index in [4.69, 9.17) is 9.47 Å². The number of H-pyrrole nitrogens is 1. The van der Waals surface area contributed by atoms with E-state index in [0.717, 1.165) is 16.6 Å². The Morgan fingerprint density at radius 1 is 1.08 bits per heavy atom. The van der Waals surface area contributed by atoms with Crippen molar-refractivity contribution in [2.45, 2.75) is 46.1 Å². The molecule has 0 spiro atoms. The molecule has 10 heteroatoms. The molecule has 0 bridgehead atoms. The zero-order valence-corrected chi connectivity index (χ0v) is 20.9. The fourth-order valence-corrected chi connectivity index (χ4v) is 3.26.